The molecule has 210 valence electrons. The number of ether oxygens (including phenoxy) is 2. The minimum Gasteiger partial charge on any atom is -0.383 e. The van der Waals surface area contributed by atoms with Crippen molar-refractivity contribution in [3.8, 4) is 0 Å². The molecular formula is C31H41FN4O3. The van der Waals surface area contributed by atoms with Gasteiger partial charge in [-0.3, -0.25) is 9.69 Å². The van der Waals surface area contributed by atoms with E-state index in [1.807, 2.05) is 24.0 Å². The van der Waals surface area contributed by atoms with Gasteiger partial charge in [0.2, 0.25) is 0 Å². The van der Waals surface area contributed by atoms with Gasteiger partial charge in [-0.1, -0.05) is 6.07 Å². The Morgan fingerprint density at radius 2 is 1.82 bits per heavy atom. The van der Waals surface area contributed by atoms with Crippen molar-refractivity contribution < 1.29 is 18.7 Å². The van der Waals surface area contributed by atoms with Crippen molar-refractivity contribution >= 4 is 22.5 Å². The summed E-state index contributed by atoms with van der Waals surface area (Å²) in [6.45, 7) is 13.1. The molecule has 3 heterocycles. The monoisotopic (exact) mass is 536 g/mol. The Labute approximate surface area is 230 Å². The van der Waals surface area contributed by atoms with Crippen LogP contribution in [0.2, 0.25) is 0 Å². The highest BCUT2D eigenvalue weighted by molar-refractivity contribution is 6.04. The Morgan fingerprint density at radius 3 is 2.51 bits per heavy atom. The number of methoxy groups -OCH3 is 1. The second-order valence-electron chi connectivity index (χ2n) is 10.9. The van der Waals surface area contributed by atoms with Crippen molar-refractivity contribution in [1.82, 2.24) is 14.4 Å². The lowest BCUT2D eigenvalue weighted by Gasteiger charge is -2.40. The van der Waals surface area contributed by atoms with Crippen LogP contribution in [0.5, 0.6) is 0 Å². The van der Waals surface area contributed by atoms with Gasteiger partial charge in [0.25, 0.3) is 5.91 Å². The highest BCUT2D eigenvalue weighted by atomic mass is 19.1. The van der Waals surface area contributed by atoms with Gasteiger partial charge in [-0.15, -0.1) is 0 Å². The molecule has 0 aliphatic carbocycles. The van der Waals surface area contributed by atoms with Crippen LogP contribution in [0.25, 0.3) is 10.9 Å². The van der Waals surface area contributed by atoms with E-state index < -0.39 is 0 Å². The van der Waals surface area contributed by atoms with Gasteiger partial charge in [-0.2, -0.15) is 0 Å². The van der Waals surface area contributed by atoms with Crippen LogP contribution < -0.4 is 5.32 Å². The quantitative estimate of drug-likeness (QED) is 0.444. The van der Waals surface area contributed by atoms with E-state index in [-0.39, 0.29) is 11.7 Å². The van der Waals surface area contributed by atoms with E-state index in [1.54, 1.807) is 13.2 Å². The number of aryl methyl sites for hydroxylation is 2. The van der Waals surface area contributed by atoms with Crippen molar-refractivity contribution in [3.63, 3.8) is 0 Å². The predicted molar refractivity (Wildman–Crippen MR) is 153 cm³/mol. The number of hydrogen-bond acceptors (Lipinski definition) is 5. The zero-order valence-corrected chi connectivity index (χ0v) is 23.7. The first-order valence-electron chi connectivity index (χ1n) is 14.1. The van der Waals surface area contributed by atoms with Crippen LogP contribution in [0.15, 0.2) is 30.3 Å². The number of amides is 1. The Hall–Kier alpha value is -2.94. The summed E-state index contributed by atoms with van der Waals surface area (Å²) >= 11 is 0. The molecule has 2 aromatic carbocycles. The third-order valence-corrected chi connectivity index (χ3v) is 8.59. The number of carbonyl (C=O) groups excluding carboxylic acids is 1. The number of halogens is 1. The molecule has 0 atom stereocenters. The lowest BCUT2D eigenvalue weighted by Crippen LogP contribution is -2.50. The Balaban J connectivity index is 1.43. The van der Waals surface area contributed by atoms with Gasteiger partial charge >= 0.3 is 0 Å². The molecular weight excluding hydrogens is 495 g/mol. The molecule has 0 unspecified atom stereocenters. The number of aromatic nitrogens is 1. The molecule has 5 rings (SSSR count). The van der Waals surface area contributed by atoms with Crippen molar-refractivity contribution in [3.05, 3.63) is 64.1 Å². The van der Waals surface area contributed by atoms with Gasteiger partial charge in [0.05, 0.1) is 31.0 Å². The van der Waals surface area contributed by atoms with Gasteiger partial charge in [-0.05, 0) is 74.6 Å². The summed E-state index contributed by atoms with van der Waals surface area (Å²) in [5, 5.41) is 4.68. The Bertz CT molecular complexity index is 1320. The number of likely N-dealkylation sites (tertiary alicyclic amines) is 1. The number of morpholine rings is 1. The summed E-state index contributed by atoms with van der Waals surface area (Å²) in [5.41, 5.74) is 6.95. The lowest BCUT2D eigenvalue weighted by molar-refractivity contribution is 0.00159. The fourth-order valence-corrected chi connectivity index (χ4v) is 6.10. The maximum atomic E-state index is 13.8. The SMILES string of the molecule is COCCn1c(C)c(C)c2cc(C(=O)N3CCC(N4CCOCC4)CC3)cc(NCc3ccc(F)cc3C)c21. The lowest BCUT2D eigenvalue weighted by atomic mass is 10.0. The van der Waals surface area contributed by atoms with E-state index in [2.05, 4.69) is 34.7 Å². The highest BCUT2D eigenvalue weighted by Crippen LogP contribution is 2.34. The summed E-state index contributed by atoms with van der Waals surface area (Å²) in [5.74, 6) is -0.150. The number of hydrogen-bond donors (Lipinski definition) is 1. The minimum absolute atomic E-state index is 0.0834. The summed E-state index contributed by atoms with van der Waals surface area (Å²) in [7, 11) is 1.71. The second kappa shape index (κ2) is 12.1. The van der Waals surface area contributed by atoms with E-state index in [1.165, 1.54) is 17.3 Å². The minimum atomic E-state index is -0.233. The van der Waals surface area contributed by atoms with Crippen molar-refractivity contribution in [1.29, 1.82) is 0 Å². The van der Waals surface area contributed by atoms with E-state index in [4.69, 9.17) is 9.47 Å². The highest BCUT2D eigenvalue weighted by Gasteiger charge is 2.29. The molecule has 2 aliphatic rings. The van der Waals surface area contributed by atoms with Gasteiger partial charge in [-0.25, -0.2) is 4.39 Å². The average Bonchev–Trinajstić information content (AvgIpc) is 3.20. The van der Waals surface area contributed by atoms with Crippen LogP contribution >= 0.6 is 0 Å². The zero-order chi connectivity index (χ0) is 27.5. The fraction of sp³-hybridized carbons (Fsp3) is 0.516. The number of nitrogens with zero attached hydrogens (tertiary/aromatic N) is 3. The Kier molecular flexibility index (Phi) is 8.54. The van der Waals surface area contributed by atoms with Crippen LogP contribution in [0.1, 0.15) is 45.6 Å². The van der Waals surface area contributed by atoms with Gasteiger partial charge in [0, 0.05) is 69.1 Å². The molecule has 2 saturated heterocycles. The molecule has 1 amide bonds. The van der Waals surface area contributed by atoms with E-state index in [0.29, 0.717) is 24.8 Å². The van der Waals surface area contributed by atoms with Crippen molar-refractivity contribution in [2.24, 2.45) is 0 Å². The van der Waals surface area contributed by atoms with Crippen molar-refractivity contribution in [2.45, 2.75) is 52.7 Å². The molecule has 39 heavy (non-hydrogen) atoms. The fourth-order valence-electron chi connectivity index (χ4n) is 6.10. The van der Waals surface area contributed by atoms with E-state index in [9.17, 15) is 9.18 Å². The molecule has 0 saturated carbocycles. The van der Waals surface area contributed by atoms with Crippen molar-refractivity contribution in [2.75, 3.05) is 58.4 Å². The topological polar surface area (TPSA) is 59.0 Å². The normalized spacial score (nSPS) is 17.2. The maximum absolute atomic E-state index is 13.8. The molecule has 0 spiro atoms. The van der Waals surface area contributed by atoms with Gasteiger partial charge in [0.15, 0.2) is 0 Å². The van der Waals surface area contributed by atoms with Gasteiger partial charge in [0.1, 0.15) is 5.82 Å². The molecule has 1 N–H and O–H groups in total. The molecule has 1 aromatic heterocycles. The third-order valence-electron chi connectivity index (χ3n) is 8.59. The molecule has 0 radical (unpaired) electrons. The second-order valence-corrected chi connectivity index (χ2v) is 10.9. The zero-order valence-electron chi connectivity index (χ0n) is 23.7. The first-order chi connectivity index (χ1) is 18.9. The summed E-state index contributed by atoms with van der Waals surface area (Å²) in [6, 6.07) is 9.46. The molecule has 8 heteroatoms. The number of benzene rings is 2. The largest absolute Gasteiger partial charge is 0.383 e. The third kappa shape index (κ3) is 5.83. The van der Waals surface area contributed by atoms with Crippen LogP contribution in [0, 0.1) is 26.6 Å². The van der Waals surface area contributed by atoms with Crippen LogP contribution in [0.3, 0.4) is 0 Å². The maximum Gasteiger partial charge on any atom is 0.253 e. The summed E-state index contributed by atoms with van der Waals surface area (Å²) in [4.78, 5) is 18.3. The molecule has 0 bridgehead atoms. The number of piperidine rings is 1. The predicted octanol–water partition coefficient (Wildman–Crippen LogP) is 4.90. The first kappa shape index (κ1) is 27.6. The Morgan fingerprint density at radius 1 is 1.08 bits per heavy atom. The molecule has 3 aromatic rings. The smallest absolute Gasteiger partial charge is 0.253 e. The van der Waals surface area contributed by atoms with E-state index in [0.717, 1.165) is 86.5 Å². The average molecular weight is 537 g/mol. The number of fused-ring (bicyclic) bond motifs is 1. The van der Waals surface area contributed by atoms with E-state index >= 15 is 0 Å². The number of rotatable bonds is 8. The first-order valence-corrected chi connectivity index (χ1v) is 14.1. The van der Waals surface area contributed by atoms with Crippen LogP contribution in [-0.4, -0.2) is 79.4 Å². The molecule has 7 nitrogen and oxygen atoms in total. The summed E-state index contributed by atoms with van der Waals surface area (Å²) < 4.78 is 26.9. The number of anilines is 1. The summed E-state index contributed by atoms with van der Waals surface area (Å²) in [6.07, 6.45) is 1.99. The molecule has 2 aliphatic heterocycles. The number of nitrogens with one attached hydrogen (secondary N) is 1. The molecule has 2 fully saturated rings. The van der Waals surface area contributed by atoms with Gasteiger partial charge < -0.3 is 24.3 Å². The standard InChI is InChI=1S/C31H41FN4O3/c1-21-17-26(32)6-5-24(21)20-33-29-19-25(18-28-22(2)23(3)36(30(28)29)13-14-38-4)31(37)35-9-7-27(8-10-35)34-11-15-39-16-12-34/h5-6,17-19,27,33H,7-16,20H2,1-4H3. The van der Waals surface area contributed by atoms with Crippen LogP contribution in [0.4, 0.5) is 10.1 Å². The van der Waals surface area contributed by atoms with Crippen LogP contribution in [-0.2, 0) is 22.6 Å². The number of carbonyl (C=O) groups is 1.